The van der Waals surface area contributed by atoms with Gasteiger partial charge in [-0.15, -0.1) is 0 Å². The van der Waals surface area contributed by atoms with E-state index in [1.165, 1.54) is 12.1 Å². The van der Waals surface area contributed by atoms with E-state index < -0.39 is 83.9 Å². The number of carbonyl (C=O) groups is 6. The molecule has 0 saturated heterocycles. The van der Waals surface area contributed by atoms with E-state index in [1.54, 1.807) is 53.7 Å². The van der Waals surface area contributed by atoms with Crippen molar-refractivity contribution in [3.63, 3.8) is 0 Å². The molecular formula is C34H50N8O10. The highest BCUT2D eigenvalue weighted by atomic mass is 16.6. The number of aliphatic carboxylic acids is 1. The lowest BCUT2D eigenvalue weighted by Crippen LogP contribution is -2.57. The second-order valence-electron chi connectivity index (χ2n) is 13.2. The van der Waals surface area contributed by atoms with Crippen LogP contribution in [-0.2, 0) is 28.7 Å². The number of aliphatic imine (C=N–C) groups is 1. The maximum atomic E-state index is 13.3. The number of amides is 5. The Hall–Kier alpha value is -5.68. The van der Waals surface area contributed by atoms with Gasteiger partial charge >= 0.3 is 17.7 Å². The fraction of sp³-hybridized carbons (Fsp3) is 0.529. The lowest BCUT2D eigenvalue weighted by molar-refractivity contribution is -0.138. The van der Waals surface area contributed by atoms with Gasteiger partial charge in [0.05, 0.1) is 6.54 Å². The van der Waals surface area contributed by atoms with E-state index in [9.17, 15) is 38.7 Å². The van der Waals surface area contributed by atoms with Gasteiger partial charge in [-0.2, -0.15) is 0 Å². The van der Waals surface area contributed by atoms with E-state index in [4.69, 9.17) is 20.6 Å². The fourth-order valence-corrected chi connectivity index (χ4v) is 4.87. The van der Waals surface area contributed by atoms with Crippen molar-refractivity contribution in [1.82, 2.24) is 21.3 Å². The van der Waals surface area contributed by atoms with Gasteiger partial charge < -0.3 is 52.3 Å². The normalized spacial score (nSPS) is 13.4. The van der Waals surface area contributed by atoms with Crippen LogP contribution in [0.4, 0.5) is 10.5 Å². The highest BCUT2D eigenvalue weighted by Gasteiger charge is 2.32. The first-order valence-electron chi connectivity index (χ1n) is 16.8. The molecule has 0 bridgehead atoms. The fourth-order valence-electron chi connectivity index (χ4n) is 4.87. The molecule has 0 radical (unpaired) electrons. The van der Waals surface area contributed by atoms with Crippen molar-refractivity contribution in [3.8, 4) is 0 Å². The third kappa shape index (κ3) is 14.7. The van der Waals surface area contributed by atoms with Crippen molar-refractivity contribution in [2.45, 2.75) is 97.4 Å². The van der Waals surface area contributed by atoms with E-state index >= 15 is 0 Å². The maximum absolute atomic E-state index is 13.3. The largest absolute Gasteiger partial charge is 0.481 e. The third-order valence-electron chi connectivity index (χ3n) is 7.69. The Labute approximate surface area is 300 Å². The van der Waals surface area contributed by atoms with E-state index in [0.717, 1.165) is 0 Å². The zero-order valence-electron chi connectivity index (χ0n) is 30.3. The topological polar surface area (TPSA) is 287 Å². The smallest absolute Gasteiger partial charge is 0.408 e. The van der Waals surface area contributed by atoms with Gasteiger partial charge in [0, 0.05) is 36.2 Å². The van der Waals surface area contributed by atoms with Crippen LogP contribution in [0.5, 0.6) is 0 Å². The Balaban J connectivity index is 2.17. The summed E-state index contributed by atoms with van der Waals surface area (Å²) >= 11 is 0. The molecule has 5 amide bonds. The second-order valence-corrected chi connectivity index (χ2v) is 13.2. The van der Waals surface area contributed by atoms with Crippen LogP contribution >= 0.6 is 0 Å². The molecule has 0 aliphatic carbocycles. The number of hydrogen-bond donors (Lipinski definition) is 8. The minimum atomic E-state index is -1.39. The molecule has 10 N–H and O–H groups in total. The van der Waals surface area contributed by atoms with Gasteiger partial charge in [0.25, 0.3) is 0 Å². The molecule has 1 heterocycles. The predicted octanol–water partition coefficient (Wildman–Crippen LogP) is 0.984. The highest BCUT2D eigenvalue weighted by Crippen LogP contribution is 2.21. The molecule has 18 heteroatoms. The van der Waals surface area contributed by atoms with Crippen LogP contribution in [0.25, 0.3) is 11.0 Å². The van der Waals surface area contributed by atoms with Crippen LogP contribution in [0.1, 0.15) is 72.3 Å². The number of carboxylic acids is 1. The van der Waals surface area contributed by atoms with Crippen LogP contribution in [0.3, 0.4) is 0 Å². The molecule has 0 spiro atoms. The van der Waals surface area contributed by atoms with Crippen molar-refractivity contribution >= 4 is 58.3 Å². The summed E-state index contributed by atoms with van der Waals surface area (Å²) in [4.78, 5) is 92.4. The molecule has 52 heavy (non-hydrogen) atoms. The van der Waals surface area contributed by atoms with Crippen molar-refractivity contribution in [3.05, 3.63) is 40.2 Å². The predicted molar refractivity (Wildman–Crippen MR) is 192 cm³/mol. The van der Waals surface area contributed by atoms with E-state index in [0.29, 0.717) is 17.4 Å². The van der Waals surface area contributed by atoms with Crippen molar-refractivity contribution in [2.75, 3.05) is 18.4 Å². The summed E-state index contributed by atoms with van der Waals surface area (Å²) in [5, 5.41) is 22.5. The average molecular weight is 731 g/mol. The van der Waals surface area contributed by atoms with Crippen LogP contribution < -0.4 is 43.7 Å². The highest BCUT2D eigenvalue weighted by molar-refractivity contribution is 5.99. The molecule has 2 rings (SSSR count). The monoisotopic (exact) mass is 730 g/mol. The molecule has 1 aromatic carbocycles. The number of nitrogens with two attached hydrogens (primary N) is 2. The summed E-state index contributed by atoms with van der Waals surface area (Å²) in [5.74, 6) is -4.80. The number of guanidine groups is 1. The van der Waals surface area contributed by atoms with Crippen LogP contribution in [0.2, 0.25) is 0 Å². The van der Waals surface area contributed by atoms with Gasteiger partial charge in [-0.1, -0.05) is 20.3 Å². The summed E-state index contributed by atoms with van der Waals surface area (Å²) in [6, 6.07) is 2.45. The summed E-state index contributed by atoms with van der Waals surface area (Å²) in [6.45, 7) is 9.73. The van der Waals surface area contributed by atoms with Crippen LogP contribution in [0.15, 0.2) is 38.5 Å². The van der Waals surface area contributed by atoms with Crippen molar-refractivity contribution in [1.29, 1.82) is 0 Å². The second kappa shape index (κ2) is 19.6. The quantitative estimate of drug-likeness (QED) is 0.0461. The zero-order chi connectivity index (χ0) is 39.2. The lowest BCUT2D eigenvalue weighted by atomic mass is 9.97. The molecule has 0 fully saturated rings. The van der Waals surface area contributed by atoms with Gasteiger partial charge in [-0.25, -0.2) is 9.59 Å². The van der Waals surface area contributed by atoms with Crippen LogP contribution in [-0.4, -0.2) is 83.6 Å². The maximum Gasteiger partial charge on any atom is 0.408 e. The van der Waals surface area contributed by atoms with Crippen LogP contribution in [0, 0.1) is 12.8 Å². The number of anilines is 1. The summed E-state index contributed by atoms with van der Waals surface area (Å²) in [5.41, 5.74) is 10.6. The minimum Gasteiger partial charge on any atom is -0.481 e. The Morgan fingerprint density at radius 2 is 1.63 bits per heavy atom. The molecule has 0 saturated carbocycles. The molecule has 0 aliphatic heterocycles. The molecule has 2 aromatic rings. The number of nitrogens with one attached hydrogen (secondary N) is 5. The van der Waals surface area contributed by atoms with Gasteiger partial charge in [0.2, 0.25) is 23.6 Å². The number of fused-ring (bicyclic) bond motifs is 1. The van der Waals surface area contributed by atoms with Gasteiger partial charge in [-0.3, -0.25) is 29.0 Å². The summed E-state index contributed by atoms with van der Waals surface area (Å²) < 4.78 is 10.5. The molecule has 0 aliphatic rings. The Kier molecular flexibility index (Phi) is 16.0. The first-order valence-corrected chi connectivity index (χ1v) is 16.8. The Morgan fingerprint density at radius 1 is 0.962 bits per heavy atom. The molecule has 1 aromatic heterocycles. The molecule has 4 atom stereocenters. The number of aryl methyl sites for hydroxylation is 1. The zero-order valence-corrected chi connectivity index (χ0v) is 30.3. The van der Waals surface area contributed by atoms with Gasteiger partial charge in [0.15, 0.2) is 5.96 Å². The SMILES string of the molecule is CC[C@H](C)[C@H](NC(=O)OC(C)(C)C)C(=O)N[C@@H](CCC(=O)O)C(=O)NCC(=O)N[C@H](CCCN=C(N)N)C(=O)Nc1ccc2c(C)cc(=O)oc2c1. The Bertz CT molecular complexity index is 1700. The first kappa shape index (κ1) is 42.5. The number of benzene rings is 1. The number of nitrogens with zero attached hydrogens (tertiary/aromatic N) is 1. The average Bonchev–Trinajstić information content (AvgIpc) is 3.03. The lowest BCUT2D eigenvalue weighted by Gasteiger charge is -2.28. The number of rotatable bonds is 18. The van der Waals surface area contributed by atoms with Gasteiger partial charge in [-0.05, 0) is 70.6 Å². The number of carbonyl (C=O) groups excluding carboxylic acids is 5. The molecule has 18 nitrogen and oxygen atoms in total. The number of ether oxygens (including phenoxy) is 1. The Morgan fingerprint density at radius 3 is 2.25 bits per heavy atom. The molecule has 0 unspecified atom stereocenters. The summed E-state index contributed by atoms with van der Waals surface area (Å²) in [6.07, 6.45) is -0.827. The summed E-state index contributed by atoms with van der Waals surface area (Å²) in [7, 11) is 0. The number of alkyl carbamates (subject to hydrolysis) is 1. The van der Waals surface area contributed by atoms with Crippen molar-refractivity contribution < 1.29 is 43.0 Å². The number of carboxylic acid groups (broad SMARTS) is 1. The minimum absolute atomic E-state index is 0.0863. The molecular weight excluding hydrogens is 680 g/mol. The molecule has 286 valence electrons. The standard InChI is InChI=1S/C34H50N8O10/c1-7-18(2)28(42-33(50)52-34(4,5)6)31(49)41-23(12-13-26(44)45)29(47)38-17-25(43)40-22(9-8-14-37-32(35)36)30(48)39-20-10-11-21-19(3)15-27(46)51-24(21)16-20/h10-11,15-16,18,22-23,28H,7-9,12-14,17H2,1-6H3,(H,38,47)(H,39,48)(H,40,43)(H,41,49)(H,42,50)(H,44,45)(H4,35,36,37)/t18-,22+,23-,28-/m0/s1. The number of hydrogen-bond acceptors (Lipinski definition) is 10. The van der Waals surface area contributed by atoms with Crippen molar-refractivity contribution in [2.24, 2.45) is 22.4 Å². The van der Waals surface area contributed by atoms with E-state index in [-0.39, 0.29) is 43.0 Å². The van der Waals surface area contributed by atoms with E-state index in [2.05, 4.69) is 31.6 Å². The first-order chi connectivity index (χ1) is 24.3. The third-order valence-corrected chi connectivity index (χ3v) is 7.69. The van der Waals surface area contributed by atoms with E-state index in [1.807, 2.05) is 0 Å². The van der Waals surface area contributed by atoms with Gasteiger partial charge in [0.1, 0.15) is 29.3 Å².